The van der Waals surface area contributed by atoms with Crippen molar-refractivity contribution in [1.82, 2.24) is 9.97 Å². The zero-order chi connectivity index (χ0) is 13.7. The lowest BCUT2D eigenvalue weighted by Gasteiger charge is -2.06. The number of nitrogens with zero attached hydrogens (tertiary/aromatic N) is 2. The van der Waals surface area contributed by atoms with Gasteiger partial charge in [-0.1, -0.05) is 18.7 Å². The molecule has 100 valence electrons. The number of benzene rings is 1. The standard InChI is InChI=1S/C13H13F2N3S/c1-2-5-17-12-7-16-8-13(18-12)19-11-6-9(14)3-4-10(11)15/h3-4,6-8H,2,5H2,1H3,(H,17,18). The zero-order valence-corrected chi connectivity index (χ0v) is 11.2. The Kier molecular flexibility index (Phi) is 4.68. The number of rotatable bonds is 5. The first-order chi connectivity index (χ1) is 9.19. The highest BCUT2D eigenvalue weighted by Gasteiger charge is 2.07. The molecular weight excluding hydrogens is 268 g/mol. The lowest BCUT2D eigenvalue weighted by molar-refractivity contribution is 0.577. The van der Waals surface area contributed by atoms with Gasteiger partial charge in [-0.3, -0.25) is 4.98 Å². The van der Waals surface area contributed by atoms with E-state index in [0.29, 0.717) is 10.8 Å². The SMILES string of the molecule is CCCNc1cncc(Sc2cc(F)ccc2F)n1. The molecule has 0 bridgehead atoms. The summed E-state index contributed by atoms with van der Waals surface area (Å²) in [4.78, 5) is 8.50. The molecule has 2 rings (SSSR count). The maximum Gasteiger partial charge on any atom is 0.145 e. The Morgan fingerprint density at radius 3 is 2.89 bits per heavy atom. The number of hydrogen-bond donors (Lipinski definition) is 1. The van der Waals surface area contributed by atoms with Crippen molar-refractivity contribution in [2.24, 2.45) is 0 Å². The molecule has 1 aromatic heterocycles. The first-order valence-corrected chi connectivity index (χ1v) is 6.69. The maximum absolute atomic E-state index is 13.5. The second-order valence-electron chi connectivity index (χ2n) is 3.85. The van der Waals surface area contributed by atoms with E-state index in [9.17, 15) is 8.78 Å². The van der Waals surface area contributed by atoms with Crippen LogP contribution in [0.3, 0.4) is 0 Å². The summed E-state index contributed by atoms with van der Waals surface area (Å²) < 4.78 is 26.6. The van der Waals surface area contributed by atoms with Crippen LogP contribution in [0.5, 0.6) is 0 Å². The summed E-state index contributed by atoms with van der Waals surface area (Å²) >= 11 is 1.05. The Balaban J connectivity index is 2.16. The highest BCUT2D eigenvalue weighted by Crippen LogP contribution is 2.29. The predicted octanol–water partition coefficient (Wildman–Crippen LogP) is 3.73. The van der Waals surface area contributed by atoms with Gasteiger partial charge in [0.15, 0.2) is 0 Å². The molecule has 19 heavy (non-hydrogen) atoms. The van der Waals surface area contributed by atoms with Crippen LogP contribution in [0.1, 0.15) is 13.3 Å². The van der Waals surface area contributed by atoms with Crippen molar-refractivity contribution in [2.45, 2.75) is 23.3 Å². The summed E-state index contributed by atoms with van der Waals surface area (Å²) in [5.41, 5.74) is 0. The van der Waals surface area contributed by atoms with Crippen molar-refractivity contribution in [3.63, 3.8) is 0 Å². The Bertz CT molecular complexity index is 563. The molecule has 1 N–H and O–H groups in total. The fourth-order valence-corrected chi connectivity index (χ4v) is 2.22. The number of aromatic nitrogens is 2. The second kappa shape index (κ2) is 6.47. The van der Waals surface area contributed by atoms with Gasteiger partial charge in [-0.15, -0.1) is 0 Å². The van der Waals surface area contributed by atoms with Crippen LogP contribution in [0.25, 0.3) is 0 Å². The molecule has 0 aliphatic carbocycles. The molecule has 1 aromatic carbocycles. The molecule has 2 aromatic rings. The summed E-state index contributed by atoms with van der Waals surface area (Å²) in [7, 11) is 0. The van der Waals surface area contributed by atoms with Crippen LogP contribution in [0.15, 0.2) is 40.5 Å². The minimum absolute atomic E-state index is 0.196. The van der Waals surface area contributed by atoms with Gasteiger partial charge in [-0.25, -0.2) is 13.8 Å². The second-order valence-corrected chi connectivity index (χ2v) is 4.91. The topological polar surface area (TPSA) is 37.8 Å². The molecule has 0 fully saturated rings. The molecule has 0 saturated heterocycles. The van der Waals surface area contributed by atoms with E-state index in [4.69, 9.17) is 0 Å². The van der Waals surface area contributed by atoms with E-state index < -0.39 is 11.6 Å². The Hall–Kier alpha value is -1.69. The zero-order valence-electron chi connectivity index (χ0n) is 10.4. The molecule has 1 heterocycles. The minimum atomic E-state index is -0.475. The van der Waals surface area contributed by atoms with Gasteiger partial charge in [-0.2, -0.15) is 0 Å². The molecule has 0 amide bonds. The van der Waals surface area contributed by atoms with Gasteiger partial charge in [-0.05, 0) is 24.6 Å². The van der Waals surface area contributed by atoms with Crippen LogP contribution in [-0.4, -0.2) is 16.5 Å². The van der Waals surface area contributed by atoms with E-state index in [1.165, 1.54) is 6.20 Å². The van der Waals surface area contributed by atoms with Gasteiger partial charge < -0.3 is 5.32 Å². The van der Waals surface area contributed by atoms with E-state index in [1.807, 2.05) is 6.92 Å². The number of anilines is 1. The molecule has 0 aliphatic rings. The van der Waals surface area contributed by atoms with Crippen molar-refractivity contribution >= 4 is 17.6 Å². The van der Waals surface area contributed by atoms with Crippen molar-refractivity contribution in [2.75, 3.05) is 11.9 Å². The van der Waals surface area contributed by atoms with Crippen LogP contribution >= 0.6 is 11.8 Å². The van der Waals surface area contributed by atoms with Crippen LogP contribution in [0.2, 0.25) is 0 Å². The summed E-state index contributed by atoms with van der Waals surface area (Å²) in [6.07, 6.45) is 4.09. The van der Waals surface area contributed by atoms with Gasteiger partial charge in [0.2, 0.25) is 0 Å². The van der Waals surface area contributed by atoms with Gasteiger partial charge in [0.05, 0.1) is 17.3 Å². The third-order valence-corrected chi connectivity index (χ3v) is 3.21. The van der Waals surface area contributed by atoms with Crippen LogP contribution in [0.4, 0.5) is 14.6 Å². The molecular formula is C13H13F2N3S. The average Bonchev–Trinajstić information content (AvgIpc) is 2.41. The smallest absolute Gasteiger partial charge is 0.145 e. The summed E-state index contributed by atoms with van der Waals surface area (Å²) in [6.45, 7) is 2.83. The van der Waals surface area contributed by atoms with E-state index >= 15 is 0 Å². The lowest BCUT2D eigenvalue weighted by atomic mass is 10.3. The monoisotopic (exact) mass is 281 g/mol. The van der Waals surface area contributed by atoms with Crippen LogP contribution in [-0.2, 0) is 0 Å². The van der Waals surface area contributed by atoms with Crippen LogP contribution in [0, 0.1) is 11.6 Å². The van der Waals surface area contributed by atoms with E-state index in [-0.39, 0.29) is 4.90 Å². The Labute approximate surface area is 114 Å². The molecule has 0 aliphatic heterocycles. The summed E-state index contributed by atoms with van der Waals surface area (Å²) in [5.74, 6) is -0.319. The van der Waals surface area contributed by atoms with Crippen molar-refractivity contribution < 1.29 is 8.78 Å². The molecule has 0 spiro atoms. The van der Waals surface area contributed by atoms with Crippen molar-refractivity contribution in [1.29, 1.82) is 0 Å². The molecule has 6 heteroatoms. The first kappa shape index (κ1) is 13.7. The third-order valence-electron chi connectivity index (χ3n) is 2.28. The molecule has 0 radical (unpaired) electrons. The fraction of sp³-hybridized carbons (Fsp3) is 0.231. The summed E-state index contributed by atoms with van der Waals surface area (Å²) in [6, 6.07) is 3.34. The highest BCUT2D eigenvalue weighted by atomic mass is 32.2. The molecule has 3 nitrogen and oxygen atoms in total. The number of hydrogen-bond acceptors (Lipinski definition) is 4. The van der Waals surface area contributed by atoms with Gasteiger partial charge in [0.25, 0.3) is 0 Å². The first-order valence-electron chi connectivity index (χ1n) is 5.88. The molecule has 0 saturated carbocycles. The van der Waals surface area contributed by atoms with Gasteiger partial charge in [0.1, 0.15) is 22.5 Å². The lowest BCUT2D eigenvalue weighted by Crippen LogP contribution is -2.02. The number of nitrogens with one attached hydrogen (secondary N) is 1. The quantitative estimate of drug-likeness (QED) is 0.906. The average molecular weight is 281 g/mol. The largest absolute Gasteiger partial charge is 0.369 e. The van der Waals surface area contributed by atoms with E-state index in [1.54, 1.807) is 6.20 Å². The van der Waals surface area contributed by atoms with E-state index in [2.05, 4.69) is 15.3 Å². The Morgan fingerprint density at radius 1 is 1.26 bits per heavy atom. The Morgan fingerprint density at radius 2 is 2.11 bits per heavy atom. The summed E-state index contributed by atoms with van der Waals surface area (Å²) in [5, 5.41) is 3.61. The van der Waals surface area contributed by atoms with Gasteiger partial charge in [0, 0.05) is 6.54 Å². The maximum atomic E-state index is 13.5. The molecule has 0 atom stereocenters. The van der Waals surface area contributed by atoms with Gasteiger partial charge >= 0.3 is 0 Å². The van der Waals surface area contributed by atoms with Crippen molar-refractivity contribution in [3.8, 4) is 0 Å². The van der Waals surface area contributed by atoms with E-state index in [0.717, 1.165) is 42.9 Å². The molecule has 0 unspecified atom stereocenters. The third kappa shape index (κ3) is 3.89. The predicted molar refractivity (Wildman–Crippen MR) is 71.3 cm³/mol. The minimum Gasteiger partial charge on any atom is -0.369 e. The van der Waals surface area contributed by atoms with Crippen molar-refractivity contribution in [3.05, 3.63) is 42.2 Å². The normalized spacial score (nSPS) is 10.5. The fourth-order valence-electron chi connectivity index (χ4n) is 1.40. The highest BCUT2D eigenvalue weighted by molar-refractivity contribution is 7.99. The number of halogens is 2. The van der Waals surface area contributed by atoms with Crippen LogP contribution < -0.4 is 5.32 Å².